The topological polar surface area (TPSA) is 88.5 Å². The van der Waals surface area contributed by atoms with Crippen molar-refractivity contribution in [3.63, 3.8) is 0 Å². The van der Waals surface area contributed by atoms with E-state index in [9.17, 15) is 9.59 Å². The minimum absolute atomic E-state index is 0.0186. The number of nitrogens with one attached hydrogen (secondary N) is 2. The fourth-order valence-electron chi connectivity index (χ4n) is 5.41. The second-order valence-electron chi connectivity index (χ2n) is 9.52. The van der Waals surface area contributed by atoms with Crippen molar-refractivity contribution in [3.05, 3.63) is 30.1 Å². The molecule has 3 aliphatic rings. The number of hydrogen-bond donors (Lipinski definition) is 2. The predicted molar refractivity (Wildman–Crippen MR) is 126 cm³/mol. The SMILES string of the molecule is CC(=O)N1c2ccc(-c3cnn(C4CCNCC4)c3)c(OC[C@H]3CCC(=O)N3)c2CC[C@@H]1C. The molecule has 4 heterocycles. The summed E-state index contributed by atoms with van der Waals surface area (Å²) >= 11 is 0. The van der Waals surface area contributed by atoms with E-state index < -0.39 is 0 Å². The fourth-order valence-corrected chi connectivity index (χ4v) is 5.41. The maximum Gasteiger partial charge on any atom is 0.224 e. The predicted octanol–water partition coefficient (Wildman–Crippen LogP) is 2.82. The summed E-state index contributed by atoms with van der Waals surface area (Å²) in [5.74, 6) is 0.944. The Morgan fingerprint density at radius 1 is 1.18 bits per heavy atom. The number of anilines is 1. The Labute approximate surface area is 194 Å². The van der Waals surface area contributed by atoms with Gasteiger partial charge in [0.15, 0.2) is 0 Å². The van der Waals surface area contributed by atoms with Crippen LogP contribution in [-0.4, -0.2) is 53.4 Å². The van der Waals surface area contributed by atoms with Crippen LogP contribution in [0, 0.1) is 0 Å². The Kier molecular flexibility index (Phi) is 6.10. The number of piperidine rings is 1. The van der Waals surface area contributed by atoms with Crippen molar-refractivity contribution < 1.29 is 14.3 Å². The molecule has 33 heavy (non-hydrogen) atoms. The summed E-state index contributed by atoms with van der Waals surface area (Å²) in [7, 11) is 0. The molecule has 0 spiro atoms. The number of benzene rings is 1. The summed E-state index contributed by atoms with van der Waals surface area (Å²) in [6.07, 6.45) is 9.25. The van der Waals surface area contributed by atoms with Crippen LogP contribution >= 0.6 is 0 Å². The van der Waals surface area contributed by atoms with Crippen LogP contribution in [0.25, 0.3) is 11.1 Å². The van der Waals surface area contributed by atoms with E-state index in [1.807, 2.05) is 17.2 Å². The van der Waals surface area contributed by atoms with Gasteiger partial charge in [-0.25, -0.2) is 0 Å². The average Bonchev–Trinajstić information content (AvgIpc) is 3.46. The highest BCUT2D eigenvalue weighted by Gasteiger charge is 2.31. The molecule has 2 fully saturated rings. The van der Waals surface area contributed by atoms with Crippen LogP contribution in [-0.2, 0) is 16.0 Å². The molecule has 2 amide bonds. The molecule has 1 aromatic carbocycles. The summed E-state index contributed by atoms with van der Waals surface area (Å²) in [4.78, 5) is 26.0. The Bertz CT molecular complexity index is 1040. The van der Waals surface area contributed by atoms with E-state index in [0.29, 0.717) is 19.1 Å². The Morgan fingerprint density at radius 3 is 2.73 bits per heavy atom. The molecular formula is C25H33N5O3. The zero-order valence-corrected chi connectivity index (χ0v) is 19.5. The smallest absolute Gasteiger partial charge is 0.224 e. The molecule has 0 unspecified atom stereocenters. The molecule has 5 rings (SSSR count). The highest BCUT2D eigenvalue weighted by molar-refractivity contribution is 5.95. The molecule has 176 valence electrons. The summed E-state index contributed by atoms with van der Waals surface area (Å²) in [5.41, 5.74) is 4.02. The van der Waals surface area contributed by atoms with Crippen molar-refractivity contribution in [1.29, 1.82) is 0 Å². The van der Waals surface area contributed by atoms with Gasteiger partial charge in [-0.05, 0) is 64.3 Å². The number of rotatable bonds is 5. The normalized spacial score (nSPS) is 23.3. The number of nitrogens with zero attached hydrogens (tertiary/aromatic N) is 3. The maximum atomic E-state index is 12.4. The lowest BCUT2D eigenvalue weighted by atomic mass is 9.92. The van der Waals surface area contributed by atoms with E-state index in [4.69, 9.17) is 4.74 Å². The summed E-state index contributed by atoms with van der Waals surface area (Å²) in [6.45, 7) is 6.17. The van der Waals surface area contributed by atoms with Gasteiger partial charge in [-0.15, -0.1) is 0 Å². The molecule has 1 aromatic heterocycles. The summed E-state index contributed by atoms with van der Waals surface area (Å²) in [6, 6.07) is 4.69. The zero-order valence-electron chi connectivity index (χ0n) is 19.5. The van der Waals surface area contributed by atoms with Gasteiger partial charge in [0.25, 0.3) is 0 Å². The van der Waals surface area contributed by atoms with Crippen LogP contribution in [0.2, 0.25) is 0 Å². The standard InChI is InChI=1S/C25H33N5O3/c1-16-3-5-22-23(30(16)17(2)31)7-6-21(25(22)33-15-19-4-8-24(32)28-19)18-13-27-29(14-18)20-9-11-26-12-10-20/h6-7,13-14,16,19-20,26H,3-5,8-12,15H2,1-2H3,(H,28,32)/t16-,19+/m0/s1. The molecule has 8 nitrogen and oxygen atoms in total. The molecule has 2 aromatic rings. The molecule has 0 bridgehead atoms. The molecule has 3 aliphatic heterocycles. The van der Waals surface area contributed by atoms with E-state index in [2.05, 4.69) is 39.6 Å². The van der Waals surface area contributed by atoms with Crippen LogP contribution in [0.15, 0.2) is 24.5 Å². The van der Waals surface area contributed by atoms with Gasteiger partial charge in [0.05, 0.1) is 24.0 Å². The lowest BCUT2D eigenvalue weighted by molar-refractivity contribution is -0.119. The van der Waals surface area contributed by atoms with Crippen LogP contribution in [0.4, 0.5) is 5.69 Å². The second kappa shape index (κ2) is 9.17. The highest BCUT2D eigenvalue weighted by Crippen LogP contribution is 2.43. The molecule has 2 atom stereocenters. The van der Waals surface area contributed by atoms with Crippen molar-refractivity contribution in [3.8, 4) is 16.9 Å². The van der Waals surface area contributed by atoms with Gasteiger partial charge < -0.3 is 20.3 Å². The number of ether oxygens (including phenoxy) is 1. The largest absolute Gasteiger partial charge is 0.490 e. The number of hydrogen-bond acceptors (Lipinski definition) is 5. The minimum atomic E-state index is 0.0186. The second-order valence-corrected chi connectivity index (χ2v) is 9.52. The number of amides is 2. The Hall–Kier alpha value is -2.87. The van der Waals surface area contributed by atoms with Crippen molar-refractivity contribution in [2.24, 2.45) is 0 Å². The van der Waals surface area contributed by atoms with Crippen molar-refractivity contribution in [2.75, 3.05) is 24.6 Å². The van der Waals surface area contributed by atoms with Gasteiger partial charge in [-0.1, -0.05) is 0 Å². The van der Waals surface area contributed by atoms with Crippen molar-refractivity contribution >= 4 is 17.5 Å². The van der Waals surface area contributed by atoms with Gasteiger partial charge >= 0.3 is 0 Å². The van der Waals surface area contributed by atoms with Crippen molar-refractivity contribution in [2.45, 2.75) is 70.5 Å². The molecule has 2 saturated heterocycles. The molecule has 0 saturated carbocycles. The number of carbonyl (C=O) groups excluding carboxylic acids is 2. The van der Waals surface area contributed by atoms with Gasteiger partial charge in [0.1, 0.15) is 12.4 Å². The Balaban J connectivity index is 1.51. The van der Waals surface area contributed by atoms with E-state index in [-0.39, 0.29) is 23.9 Å². The zero-order chi connectivity index (χ0) is 22.9. The van der Waals surface area contributed by atoms with E-state index in [1.54, 1.807) is 6.92 Å². The van der Waals surface area contributed by atoms with Crippen LogP contribution < -0.4 is 20.3 Å². The first-order valence-corrected chi connectivity index (χ1v) is 12.1. The van der Waals surface area contributed by atoms with Gasteiger partial charge in [-0.3, -0.25) is 14.3 Å². The maximum absolute atomic E-state index is 12.4. The van der Waals surface area contributed by atoms with E-state index >= 15 is 0 Å². The molecular weight excluding hydrogens is 418 g/mol. The Morgan fingerprint density at radius 2 is 2.00 bits per heavy atom. The third kappa shape index (κ3) is 4.36. The minimum Gasteiger partial charge on any atom is -0.490 e. The molecule has 2 N–H and O–H groups in total. The van der Waals surface area contributed by atoms with Crippen LogP contribution in [0.3, 0.4) is 0 Å². The number of carbonyl (C=O) groups is 2. The summed E-state index contributed by atoms with van der Waals surface area (Å²) in [5, 5.41) is 11.1. The number of fused-ring (bicyclic) bond motifs is 1. The third-order valence-electron chi connectivity index (χ3n) is 7.20. The third-order valence-corrected chi connectivity index (χ3v) is 7.20. The van der Waals surface area contributed by atoms with Crippen LogP contribution in [0.5, 0.6) is 5.75 Å². The highest BCUT2D eigenvalue weighted by atomic mass is 16.5. The quantitative estimate of drug-likeness (QED) is 0.730. The molecule has 8 heteroatoms. The monoisotopic (exact) mass is 451 g/mol. The first-order chi connectivity index (χ1) is 16.0. The number of aromatic nitrogens is 2. The van der Waals surface area contributed by atoms with E-state index in [1.165, 1.54) is 0 Å². The van der Waals surface area contributed by atoms with Crippen molar-refractivity contribution in [1.82, 2.24) is 20.4 Å². The lowest BCUT2D eigenvalue weighted by Crippen LogP contribution is -2.41. The molecule has 0 aliphatic carbocycles. The van der Waals surface area contributed by atoms with E-state index in [0.717, 1.165) is 73.3 Å². The lowest BCUT2D eigenvalue weighted by Gasteiger charge is -2.36. The first-order valence-electron chi connectivity index (χ1n) is 12.1. The molecule has 0 radical (unpaired) electrons. The van der Waals surface area contributed by atoms with Gasteiger partial charge in [0, 0.05) is 42.3 Å². The van der Waals surface area contributed by atoms with Crippen LogP contribution in [0.1, 0.15) is 57.6 Å². The summed E-state index contributed by atoms with van der Waals surface area (Å²) < 4.78 is 8.52. The van der Waals surface area contributed by atoms with Gasteiger partial charge in [-0.2, -0.15) is 5.10 Å². The average molecular weight is 452 g/mol. The fraction of sp³-hybridized carbons (Fsp3) is 0.560. The first kappa shape index (κ1) is 21.9. The van der Waals surface area contributed by atoms with Gasteiger partial charge in [0.2, 0.25) is 11.8 Å².